The van der Waals surface area contributed by atoms with Gasteiger partial charge in [0.15, 0.2) is 0 Å². The summed E-state index contributed by atoms with van der Waals surface area (Å²) in [5.74, 6) is 0.503. The molecule has 3 rings (SSSR count). The molecule has 0 aliphatic rings. The largest absolute Gasteiger partial charge is 0.339 e. The number of benzene rings is 2. The van der Waals surface area contributed by atoms with Crippen LogP contribution in [-0.2, 0) is 13.0 Å². The zero-order valence-electron chi connectivity index (χ0n) is 16.6. The van der Waals surface area contributed by atoms with E-state index in [-0.39, 0.29) is 11.9 Å². The van der Waals surface area contributed by atoms with Crippen molar-refractivity contribution in [3.8, 4) is 0 Å². The molecule has 5 nitrogen and oxygen atoms in total. The van der Waals surface area contributed by atoms with Crippen LogP contribution in [0.3, 0.4) is 0 Å². The lowest BCUT2D eigenvalue weighted by Gasteiger charge is -2.26. The Morgan fingerprint density at radius 1 is 1.00 bits per heavy atom. The number of carbonyl (C=O) groups is 1. The predicted molar refractivity (Wildman–Crippen MR) is 113 cm³/mol. The van der Waals surface area contributed by atoms with Crippen LogP contribution in [-0.4, -0.2) is 26.8 Å². The van der Waals surface area contributed by atoms with Crippen LogP contribution in [0.2, 0.25) is 0 Å². The number of aromatic nitrogens is 2. The van der Waals surface area contributed by atoms with E-state index in [0.717, 1.165) is 17.7 Å². The van der Waals surface area contributed by atoms with E-state index in [1.165, 1.54) is 5.56 Å². The van der Waals surface area contributed by atoms with Crippen molar-refractivity contribution in [3.05, 3.63) is 83.8 Å². The Kier molecular flexibility index (Phi) is 6.37. The fraction of sp³-hybridized carbons (Fsp3) is 0.261. The quantitative estimate of drug-likeness (QED) is 0.643. The third-order valence-electron chi connectivity index (χ3n) is 4.61. The summed E-state index contributed by atoms with van der Waals surface area (Å²) >= 11 is 0. The summed E-state index contributed by atoms with van der Waals surface area (Å²) in [5.41, 5.74) is 3.65. The highest BCUT2D eigenvalue weighted by atomic mass is 16.2. The summed E-state index contributed by atoms with van der Waals surface area (Å²) < 4.78 is 0. The van der Waals surface area contributed by atoms with Crippen molar-refractivity contribution in [2.75, 3.05) is 5.32 Å². The number of hydrogen-bond acceptors (Lipinski definition) is 4. The van der Waals surface area contributed by atoms with Crippen LogP contribution >= 0.6 is 0 Å². The summed E-state index contributed by atoms with van der Waals surface area (Å²) in [6, 6.07) is 18.1. The molecular formula is C23H26N4O. The summed E-state index contributed by atoms with van der Waals surface area (Å²) in [6.07, 6.45) is 4.08. The molecule has 1 N–H and O–H groups in total. The van der Waals surface area contributed by atoms with Crippen LogP contribution < -0.4 is 5.32 Å². The number of nitrogens with zero attached hydrogens (tertiary/aromatic N) is 3. The highest BCUT2D eigenvalue weighted by molar-refractivity contribution is 5.92. The maximum absolute atomic E-state index is 13.0. The van der Waals surface area contributed by atoms with Crippen molar-refractivity contribution >= 4 is 17.4 Å². The summed E-state index contributed by atoms with van der Waals surface area (Å²) in [4.78, 5) is 23.5. The molecule has 0 bridgehead atoms. The number of carbonyl (C=O) groups excluding carboxylic acids is 1. The van der Waals surface area contributed by atoms with Gasteiger partial charge in [0.05, 0.1) is 12.4 Å². The van der Waals surface area contributed by atoms with Gasteiger partial charge in [-0.05, 0) is 37.5 Å². The van der Waals surface area contributed by atoms with E-state index in [0.29, 0.717) is 18.1 Å². The number of hydrogen-bond donors (Lipinski definition) is 1. The van der Waals surface area contributed by atoms with E-state index in [2.05, 4.69) is 28.3 Å². The second-order valence-electron chi connectivity index (χ2n) is 6.93. The van der Waals surface area contributed by atoms with Crippen molar-refractivity contribution in [1.82, 2.24) is 14.9 Å². The first-order chi connectivity index (χ1) is 13.6. The van der Waals surface area contributed by atoms with Gasteiger partial charge in [-0.15, -0.1) is 0 Å². The molecule has 2 aromatic carbocycles. The molecule has 0 unspecified atom stereocenters. The first kappa shape index (κ1) is 19.5. The van der Waals surface area contributed by atoms with Gasteiger partial charge in [0.1, 0.15) is 11.5 Å². The van der Waals surface area contributed by atoms with Crippen molar-refractivity contribution < 1.29 is 4.79 Å². The van der Waals surface area contributed by atoms with E-state index < -0.39 is 0 Å². The average molecular weight is 374 g/mol. The van der Waals surface area contributed by atoms with Crippen molar-refractivity contribution in [1.29, 1.82) is 0 Å². The number of para-hydroxylation sites is 1. The zero-order valence-corrected chi connectivity index (χ0v) is 16.6. The molecule has 0 spiro atoms. The molecule has 0 saturated heterocycles. The molecule has 0 aliphatic carbocycles. The highest BCUT2D eigenvalue weighted by Gasteiger charge is 2.20. The molecule has 3 aromatic rings. The fourth-order valence-corrected chi connectivity index (χ4v) is 3.01. The van der Waals surface area contributed by atoms with E-state index in [4.69, 9.17) is 0 Å². The summed E-state index contributed by atoms with van der Waals surface area (Å²) in [5, 5.41) is 3.28. The molecule has 1 heterocycles. The third kappa shape index (κ3) is 4.74. The molecule has 144 valence electrons. The zero-order chi connectivity index (χ0) is 19.9. The first-order valence-corrected chi connectivity index (χ1v) is 9.60. The molecule has 0 radical (unpaired) electrons. The Labute approximate surface area is 166 Å². The Balaban J connectivity index is 1.74. The molecule has 1 amide bonds. The minimum absolute atomic E-state index is 0.0590. The van der Waals surface area contributed by atoms with Gasteiger partial charge in [-0.3, -0.25) is 4.79 Å². The normalized spacial score (nSPS) is 10.7. The summed E-state index contributed by atoms with van der Waals surface area (Å²) in [6.45, 7) is 6.67. The third-order valence-corrected chi connectivity index (χ3v) is 4.61. The van der Waals surface area contributed by atoms with Crippen molar-refractivity contribution in [3.63, 3.8) is 0 Å². The van der Waals surface area contributed by atoms with Gasteiger partial charge in [0, 0.05) is 18.3 Å². The Morgan fingerprint density at radius 3 is 2.36 bits per heavy atom. The van der Waals surface area contributed by atoms with E-state index in [9.17, 15) is 4.79 Å². The van der Waals surface area contributed by atoms with Crippen LogP contribution in [0.1, 0.15) is 42.4 Å². The second kappa shape index (κ2) is 9.13. The van der Waals surface area contributed by atoms with Crippen LogP contribution in [0.4, 0.5) is 11.5 Å². The molecule has 0 saturated carbocycles. The van der Waals surface area contributed by atoms with Crippen molar-refractivity contribution in [2.45, 2.75) is 39.8 Å². The van der Waals surface area contributed by atoms with Crippen LogP contribution in [0.15, 0.2) is 67.0 Å². The lowest BCUT2D eigenvalue weighted by Crippen LogP contribution is -2.36. The average Bonchev–Trinajstić information content (AvgIpc) is 2.73. The smallest absolute Gasteiger partial charge is 0.274 e. The topological polar surface area (TPSA) is 58.1 Å². The first-order valence-electron chi connectivity index (χ1n) is 9.60. The fourth-order valence-electron chi connectivity index (χ4n) is 3.01. The minimum Gasteiger partial charge on any atom is -0.339 e. The lowest BCUT2D eigenvalue weighted by atomic mass is 10.1. The Morgan fingerprint density at radius 2 is 1.71 bits per heavy atom. The number of rotatable bonds is 7. The van der Waals surface area contributed by atoms with Gasteiger partial charge in [-0.2, -0.15) is 0 Å². The van der Waals surface area contributed by atoms with Crippen LogP contribution in [0, 0.1) is 0 Å². The van der Waals surface area contributed by atoms with Gasteiger partial charge in [0.25, 0.3) is 5.91 Å². The maximum Gasteiger partial charge on any atom is 0.274 e. The molecular weight excluding hydrogens is 348 g/mol. The standard InChI is InChI=1S/C23H26N4O/c1-4-19-12-8-9-13-20(19)26-22-15-24-21(14-25-22)23(28)27(17(2)3)16-18-10-6-5-7-11-18/h5-15,17H,4,16H2,1-3H3,(H,25,26). The maximum atomic E-state index is 13.0. The molecule has 0 fully saturated rings. The van der Waals surface area contributed by atoms with Gasteiger partial charge in [-0.25, -0.2) is 9.97 Å². The van der Waals surface area contributed by atoms with Gasteiger partial charge < -0.3 is 10.2 Å². The SMILES string of the molecule is CCc1ccccc1Nc1cnc(C(=O)N(Cc2ccccc2)C(C)C)cn1. The molecule has 0 atom stereocenters. The van der Waals surface area contributed by atoms with E-state index >= 15 is 0 Å². The number of anilines is 2. The predicted octanol–water partition coefficient (Wildman–Crippen LogP) is 4.83. The highest BCUT2D eigenvalue weighted by Crippen LogP contribution is 2.20. The van der Waals surface area contributed by atoms with Gasteiger partial charge in [0.2, 0.25) is 0 Å². The minimum atomic E-state index is -0.119. The number of aryl methyl sites for hydroxylation is 1. The Hall–Kier alpha value is -3.21. The monoisotopic (exact) mass is 374 g/mol. The molecule has 5 heteroatoms. The van der Waals surface area contributed by atoms with Crippen molar-refractivity contribution in [2.24, 2.45) is 0 Å². The van der Waals surface area contributed by atoms with E-state index in [1.54, 1.807) is 17.3 Å². The van der Waals surface area contributed by atoms with Gasteiger partial charge in [-0.1, -0.05) is 55.5 Å². The number of nitrogens with one attached hydrogen (secondary N) is 1. The molecule has 1 aromatic heterocycles. The molecule has 28 heavy (non-hydrogen) atoms. The lowest BCUT2D eigenvalue weighted by molar-refractivity contribution is 0.0684. The van der Waals surface area contributed by atoms with E-state index in [1.807, 2.05) is 62.4 Å². The Bertz CT molecular complexity index is 907. The second-order valence-corrected chi connectivity index (χ2v) is 6.93. The van der Waals surface area contributed by atoms with Gasteiger partial charge >= 0.3 is 0 Å². The van der Waals surface area contributed by atoms with Crippen LogP contribution in [0.5, 0.6) is 0 Å². The van der Waals surface area contributed by atoms with Crippen LogP contribution in [0.25, 0.3) is 0 Å². The number of amides is 1. The molecule has 0 aliphatic heterocycles. The summed E-state index contributed by atoms with van der Waals surface area (Å²) in [7, 11) is 0.